The Morgan fingerprint density at radius 2 is 2.11 bits per heavy atom. The molecule has 0 aromatic heterocycles. The SMILES string of the molecule is CCCC(CC)NC(=O)N(C)C1COCC1C(=O)O. The van der Waals surface area contributed by atoms with Crippen molar-refractivity contribution >= 4 is 12.0 Å². The van der Waals surface area contributed by atoms with Crippen molar-refractivity contribution in [1.29, 1.82) is 0 Å². The number of nitrogens with zero attached hydrogens (tertiary/aromatic N) is 1. The third-order valence-corrected chi connectivity index (χ3v) is 3.64. The highest BCUT2D eigenvalue weighted by atomic mass is 16.5. The predicted molar refractivity (Wildman–Crippen MR) is 71.0 cm³/mol. The van der Waals surface area contributed by atoms with Crippen LogP contribution in [0.1, 0.15) is 33.1 Å². The zero-order chi connectivity index (χ0) is 14.4. The van der Waals surface area contributed by atoms with Gasteiger partial charge in [0, 0.05) is 13.1 Å². The molecule has 6 nitrogen and oxygen atoms in total. The van der Waals surface area contributed by atoms with Gasteiger partial charge in [0.25, 0.3) is 0 Å². The van der Waals surface area contributed by atoms with E-state index >= 15 is 0 Å². The van der Waals surface area contributed by atoms with Gasteiger partial charge in [0.15, 0.2) is 0 Å². The third kappa shape index (κ3) is 4.09. The Balaban J connectivity index is 2.58. The van der Waals surface area contributed by atoms with Gasteiger partial charge in [0.05, 0.1) is 19.3 Å². The predicted octanol–water partition coefficient (Wildman–Crippen LogP) is 1.31. The van der Waals surface area contributed by atoms with E-state index in [1.165, 1.54) is 4.90 Å². The van der Waals surface area contributed by atoms with Gasteiger partial charge in [-0.2, -0.15) is 0 Å². The minimum Gasteiger partial charge on any atom is -0.481 e. The Morgan fingerprint density at radius 1 is 1.42 bits per heavy atom. The smallest absolute Gasteiger partial charge is 0.317 e. The molecule has 2 N–H and O–H groups in total. The first-order valence-corrected chi connectivity index (χ1v) is 6.85. The zero-order valence-corrected chi connectivity index (χ0v) is 11.9. The maximum absolute atomic E-state index is 12.1. The van der Waals surface area contributed by atoms with Crippen LogP contribution in [0.15, 0.2) is 0 Å². The van der Waals surface area contributed by atoms with Crippen molar-refractivity contribution in [3.05, 3.63) is 0 Å². The quantitative estimate of drug-likeness (QED) is 0.764. The lowest BCUT2D eigenvalue weighted by Gasteiger charge is -2.28. The molecule has 0 saturated carbocycles. The Morgan fingerprint density at radius 3 is 2.63 bits per heavy atom. The molecule has 1 aliphatic heterocycles. The number of ether oxygens (including phenoxy) is 1. The highest BCUT2D eigenvalue weighted by Gasteiger charge is 2.38. The largest absolute Gasteiger partial charge is 0.481 e. The summed E-state index contributed by atoms with van der Waals surface area (Å²) in [6.45, 7) is 4.55. The molecule has 1 aliphatic rings. The molecule has 0 aromatic carbocycles. The summed E-state index contributed by atoms with van der Waals surface area (Å²) >= 11 is 0. The summed E-state index contributed by atoms with van der Waals surface area (Å²) in [4.78, 5) is 24.7. The number of hydrogen-bond acceptors (Lipinski definition) is 3. The zero-order valence-electron chi connectivity index (χ0n) is 11.9. The van der Waals surface area contributed by atoms with Crippen molar-refractivity contribution < 1.29 is 19.4 Å². The van der Waals surface area contributed by atoms with E-state index in [1.807, 2.05) is 6.92 Å². The molecule has 3 atom stereocenters. The number of urea groups is 1. The van der Waals surface area contributed by atoms with Crippen LogP contribution in [-0.2, 0) is 9.53 Å². The summed E-state index contributed by atoms with van der Waals surface area (Å²) < 4.78 is 5.18. The Labute approximate surface area is 114 Å². The normalized spacial score (nSPS) is 23.9. The lowest BCUT2D eigenvalue weighted by Crippen LogP contribution is -2.50. The van der Waals surface area contributed by atoms with Crippen LogP contribution in [0.2, 0.25) is 0 Å². The summed E-state index contributed by atoms with van der Waals surface area (Å²) in [5.41, 5.74) is 0. The second-order valence-electron chi connectivity index (χ2n) is 5.00. The van der Waals surface area contributed by atoms with Gasteiger partial charge in [-0.3, -0.25) is 4.79 Å². The minimum atomic E-state index is -0.914. The standard InChI is InChI=1S/C13H24N2O4/c1-4-6-9(5-2)14-13(18)15(3)11-8-19-7-10(11)12(16)17/h9-11H,4-8H2,1-3H3,(H,14,18)(H,16,17). The van der Waals surface area contributed by atoms with E-state index in [0.717, 1.165) is 19.3 Å². The number of rotatable bonds is 6. The second kappa shape index (κ2) is 7.33. The van der Waals surface area contributed by atoms with Crippen molar-refractivity contribution in [1.82, 2.24) is 10.2 Å². The van der Waals surface area contributed by atoms with Crippen molar-refractivity contribution in [3.63, 3.8) is 0 Å². The van der Waals surface area contributed by atoms with Crippen LogP contribution < -0.4 is 5.32 Å². The first-order chi connectivity index (χ1) is 9.01. The summed E-state index contributed by atoms with van der Waals surface area (Å²) in [6, 6.07) is -0.468. The first kappa shape index (κ1) is 15.8. The molecule has 0 bridgehead atoms. The van der Waals surface area contributed by atoms with E-state index in [2.05, 4.69) is 12.2 Å². The number of carboxylic acid groups (broad SMARTS) is 1. The Bertz CT molecular complexity index is 322. The third-order valence-electron chi connectivity index (χ3n) is 3.64. The Kier molecular flexibility index (Phi) is 6.08. The fourth-order valence-corrected chi connectivity index (χ4v) is 2.31. The van der Waals surface area contributed by atoms with E-state index in [1.54, 1.807) is 7.05 Å². The number of likely N-dealkylation sites (N-methyl/N-ethyl adjacent to an activating group) is 1. The van der Waals surface area contributed by atoms with Crippen LogP contribution in [0, 0.1) is 5.92 Å². The van der Waals surface area contributed by atoms with Crippen LogP contribution in [0.25, 0.3) is 0 Å². The number of hydrogen-bond donors (Lipinski definition) is 2. The monoisotopic (exact) mass is 272 g/mol. The molecular weight excluding hydrogens is 248 g/mol. The number of carboxylic acids is 1. The van der Waals surface area contributed by atoms with Crippen molar-refractivity contribution in [2.45, 2.75) is 45.2 Å². The van der Waals surface area contributed by atoms with Crippen LogP contribution >= 0.6 is 0 Å². The topological polar surface area (TPSA) is 78.9 Å². The fourth-order valence-electron chi connectivity index (χ4n) is 2.31. The van der Waals surface area contributed by atoms with Gasteiger partial charge < -0.3 is 20.1 Å². The van der Waals surface area contributed by atoms with Crippen molar-refractivity contribution in [3.8, 4) is 0 Å². The van der Waals surface area contributed by atoms with Gasteiger partial charge in [0.2, 0.25) is 0 Å². The average molecular weight is 272 g/mol. The van der Waals surface area contributed by atoms with Gasteiger partial charge in [-0.05, 0) is 12.8 Å². The molecule has 0 aliphatic carbocycles. The van der Waals surface area contributed by atoms with E-state index < -0.39 is 17.9 Å². The molecule has 1 saturated heterocycles. The summed E-state index contributed by atoms with van der Waals surface area (Å²) in [5, 5.41) is 12.0. The molecule has 2 amide bonds. The number of nitrogens with one attached hydrogen (secondary N) is 1. The van der Waals surface area contributed by atoms with Crippen LogP contribution in [0.5, 0.6) is 0 Å². The van der Waals surface area contributed by atoms with Gasteiger partial charge in [-0.15, -0.1) is 0 Å². The number of carbonyl (C=O) groups excluding carboxylic acids is 1. The molecular formula is C13H24N2O4. The highest BCUT2D eigenvalue weighted by molar-refractivity contribution is 5.77. The highest BCUT2D eigenvalue weighted by Crippen LogP contribution is 2.19. The summed E-state index contributed by atoms with van der Waals surface area (Å²) in [5.74, 6) is -1.55. The molecule has 110 valence electrons. The molecule has 1 fully saturated rings. The van der Waals surface area contributed by atoms with Crippen molar-refractivity contribution in [2.24, 2.45) is 5.92 Å². The van der Waals surface area contributed by atoms with Gasteiger partial charge >= 0.3 is 12.0 Å². The maximum Gasteiger partial charge on any atom is 0.317 e. The first-order valence-electron chi connectivity index (χ1n) is 6.85. The van der Waals surface area contributed by atoms with Crippen LogP contribution in [0.3, 0.4) is 0 Å². The summed E-state index contributed by atoms with van der Waals surface area (Å²) in [6.07, 6.45) is 2.81. The number of amides is 2. The van der Waals surface area contributed by atoms with E-state index in [9.17, 15) is 9.59 Å². The van der Waals surface area contributed by atoms with Crippen LogP contribution in [0.4, 0.5) is 4.79 Å². The molecule has 6 heteroatoms. The molecule has 0 radical (unpaired) electrons. The van der Waals surface area contributed by atoms with E-state index in [0.29, 0.717) is 0 Å². The van der Waals surface area contributed by atoms with Crippen LogP contribution in [-0.4, -0.2) is 54.4 Å². The number of carbonyl (C=O) groups is 2. The van der Waals surface area contributed by atoms with E-state index in [4.69, 9.17) is 9.84 Å². The van der Waals surface area contributed by atoms with E-state index in [-0.39, 0.29) is 25.3 Å². The molecule has 1 rings (SSSR count). The fraction of sp³-hybridized carbons (Fsp3) is 0.846. The number of aliphatic carboxylic acids is 1. The summed E-state index contributed by atoms with van der Waals surface area (Å²) in [7, 11) is 1.63. The average Bonchev–Trinajstić information content (AvgIpc) is 2.86. The Hall–Kier alpha value is -1.30. The molecule has 0 aromatic rings. The van der Waals surface area contributed by atoms with Gasteiger partial charge in [-0.1, -0.05) is 20.3 Å². The lowest BCUT2D eigenvalue weighted by molar-refractivity contribution is -0.142. The maximum atomic E-state index is 12.1. The van der Waals surface area contributed by atoms with Gasteiger partial charge in [-0.25, -0.2) is 4.79 Å². The molecule has 0 spiro atoms. The molecule has 19 heavy (non-hydrogen) atoms. The second-order valence-corrected chi connectivity index (χ2v) is 5.00. The molecule has 1 heterocycles. The lowest BCUT2D eigenvalue weighted by atomic mass is 10.0. The van der Waals surface area contributed by atoms with Crippen molar-refractivity contribution in [2.75, 3.05) is 20.3 Å². The van der Waals surface area contributed by atoms with Gasteiger partial charge in [0.1, 0.15) is 5.92 Å². The molecule has 3 unspecified atom stereocenters. The minimum absolute atomic E-state index is 0.144.